The van der Waals surface area contributed by atoms with E-state index in [1.807, 2.05) is 13.0 Å². The van der Waals surface area contributed by atoms with Gasteiger partial charge in [0.05, 0.1) is 6.10 Å². The van der Waals surface area contributed by atoms with Gasteiger partial charge in [-0.1, -0.05) is 38.8 Å². The number of hydrogen-bond donors (Lipinski definition) is 1. The summed E-state index contributed by atoms with van der Waals surface area (Å²) in [7, 11) is 0. The van der Waals surface area contributed by atoms with E-state index in [2.05, 4.69) is 19.9 Å². The number of aliphatic hydroxyl groups excluding tert-OH is 1. The minimum absolute atomic E-state index is 0.0880. The normalized spacial score (nSPS) is 14.2. The van der Waals surface area contributed by atoms with E-state index in [-0.39, 0.29) is 6.10 Å². The van der Waals surface area contributed by atoms with Crippen molar-refractivity contribution in [3.8, 4) is 0 Å². The monoisotopic (exact) mass is 184 g/mol. The Bertz CT molecular complexity index is 127. The lowest BCUT2D eigenvalue weighted by molar-refractivity contribution is 0.151. The van der Waals surface area contributed by atoms with Crippen LogP contribution >= 0.6 is 0 Å². The first kappa shape index (κ1) is 12.7. The minimum Gasteiger partial charge on any atom is -0.393 e. The fourth-order valence-electron chi connectivity index (χ4n) is 1.36. The van der Waals surface area contributed by atoms with Crippen LogP contribution in [0.4, 0.5) is 0 Å². The lowest BCUT2D eigenvalue weighted by Gasteiger charge is -2.09. The van der Waals surface area contributed by atoms with E-state index in [9.17, 15) is 5.11 Å². The highest BCUT2D eigenvalue weighted by Gasteiger charge is 2.03. The summed E-state index contributed by atoms with van der Waals surface area (Å²) < 4.78 is 0. The quantitative estimate of drug-likeness (QED) is 0.600. The second kappa shape index (κ2) is 8.31. The van der Waals surface area contributed by atoms with Crippen molar-refractivity contribution in [2.45, 2.75) is 59.0 Å². The Morgan fingerprint density at radius 3 is 2.38 bits per heavy atom. The van der Waals surface area contributed by atoms with Gasteiger partial charge in [-0.15, -0.1) is 0 Å². The van der Waals surface area contributed by atoms with Gasteiger partial charge in [0.1, 0.15) is 0 Å². The van der Waals surface area contributed by atoms with Gasteiger partial charge >= 0.3 is 0 Å². The molecule has 1 N–H and O–H groups in total. The molecule has 0 spiro atoms. The predicted octanol–water partition coefficient (Wildman–Crippen LogP) is 3.53. The van der Waals surface area contributed by atoms with Crippen molar-refractivity contribution in [2.75, 3.05) is 0 Å². The van der Waals surface area contributed by atoms with Crippen LogP contribution in [0.1, 0.15) is 52.9 Å². The van der Waals surface area contributed by atoms with Crippen LogP contribution in [0, 0.1) is 5.92 Å². The largest absolute Gasteiger partial charge is 0.393 e. The predicted molar refractivity (Wildman–Crippen MR) is 58.7 cm³/mol. The maximum Gasteiger partial charge on any atom is 0.0543 e. The molecule has 0 amide bonds. The van der Waals surface area contributed by atoms with Crippen molar-refractivity contribution >= 4 is 0 Å². The summed E-state index contributed by atoms with van der Waals surface area (Å²) in [6.07, 6.45) is 9.37. The van der Waals surface area contributed by atoms with Gasteiger partial charge in [0.25, 0.3) is 0 Å². The molecule has 1 heteroatoms. The Balaban J connectivity index is 3.24. The highest BCUT2D eigenvalue weighted by Crippen LogP contribution is 2.11. The smallest absolute Gasteiger partial charge is 0.0543 e. The van der Waals surface area contributed by atoms with E-state index in [4.69, 9.17) is 0 Å². The molecule has 0 aromatic rings. The zero-order valence-electron chi connectivity index (χ0n) is 9.29. The second-order valence-electron chi connectivity index (χ2n) is 4.12. The summed E-state index contributed by atoms with van der Waals surface area (Å²) in [5.41, 5.74) is 0. The van der Waals surface area contributed by atoms with Crippen LogP contribution in [-0.2, 0) is 0 Å². The van der Waals surface area contributed by atoms with Crippen LogP contribution in [0.15, 0.2) is 12.2 Å². The third-order valence-corrected chi connectivity index (χ3v) is 2.22. The number of allylic oxidation sites excluding steroid dienone is 2. The Labute approximate surface area is 82.9 Å². The molecule has 0 aromatic carbocycles. The first-order valence-corrected chi connectivity index (χ1v) is 5.46. The van der Waals surface area contributed by atoms with Gasteiger partial charge in [-0.25, -0.2) is 0 Å². The number of rotatable bonds is 7. The Kier molecular flexibility index (Phi) is 8.11. The Hall–Kier alpha value is -0.300. The van der Waals surface area contributed by atoms with Gasteiger partial charge in [-0.3, -0.25) is 0 Å². The van der Waals surface area contributed by atoms with E-state index < -0.39 is 0 Å². The van der Waals surface area contributed by atoms with Crippen molar-refractivity contribution < 1.29 is 5.11 Å². The van der Waals surface area contributed by atoms with Crippen molar-refractivity contribution in [3.63, 3.8) is 0 Å². The Morgan fingerprint density at radius 2 is 1.85 bits per heavy atom. The molecule has 0 aliphatic carbocycles. The zero-order chi connectivity index (χ0) is 10.1. The third-order valence-electron chi connectivity index (χ3n) is 2.22. The highest BCUT2D eigenvalue weighted by molar-refractivity contribution is 4.77. The van der Waals surface area contributed by atoms with Crippen molar-refractivity contribution in [2.24, 2.45) is 5.92 Å². The number of aliphatic hydroxyl groups is 1. The maximum atomic E-state index is 9.55. The first-order valence-electron chi connectivity index (χ1n) is 5.46. The molecule has 0 aromatic heterocycles. The summed E-state index contributed by atoms with van der Waals surface area (Å²) in [6, 6.07) is 0. The van der Waals surface area contributed by atoms with Gasteiger partial charge in [-0.05, 0) is 32.1 Å². The summed E-state index contributed by atoms with van der Waals surface area (Å²) in [4.78, 5) is 0. The summed E-state index contributed by atoms with van der Waals surface area (Å²) in [5.74, 6) is 0.766. The van der Waals surface area contributed by atoms with E-state index in [0.717, 1.165) is 31.6 Å². The van der Waals surface area contributed by atoms with Crippen LogP contribution in [0.25, 0.3) is 0 Å². The van der Waals surface area contributed by atoms with Crippen molar-refractivity contribution in [1.29, 1.82) is 0 Å². The molecule has 0 aliphatic heterocycles. The molecule has 0 saturated carbocycles. The van der Waals surface area contributed by atoms with Crippen LogP contribution < -0.4 is 0 Å². The fraction of sp³-hybridized carbons (Fsp3) is 0.833. The fourth-order valence-corrected chi connectivity index (χ4v) is 1.36. The SMILES string of the molecule is CC=CCCC(O)CCCC(C)C. The molecule has 13 heavy (non-hydrogen) atoms. The summed E-state index contributed by atoms with van der Waals surface area (Å²) in [5, 5.41) is 9.55. The molecular weight excluding hydrogens is 160 g/mol. The van der Waals surface area contributed by atoms with Crippen molar-refractivity contribution in [3.05, 3.63) is 12.2 Å². The van der Waals surface area contributed by atoms with E-state index in [0.29, 0.717) is 0 Å². The molecule has 0 radical (unpaired) electrons. The molecular formula is C12H24O. The molecule has 0 rings (SSSR count). The Morgan fingerprint density at radius 1 is 1.15 bits per heavy atom. The van der Waals surface area contributed by atoms with E-state index in [1.165, 1.54) is 6.42 Å². The third kappa shape index (κ3) is 9.62. The lowest BCUT2D eigenvalue weighted by Crippen LogP contribution is -2.06. The van der Waals surface area contributed by atoms with E-state index >= 15 is 0 Å². The molecule has 1 atom stereocenters. The zero-order valence-corrected chi connectivity index (χ0v) is 9.29. The summed E-state index contributed by atoms with van der Waals surface area (Å²) >= 11 is 0. The minimum atomic E-state index is -0.0880. The molecule has 1 nitrogen and oxygen atoms in total. The lowest BCUT2D eigenvalue weighted by atomic mass is 10.0. The van der Waals surface area contributed by atoms with Gasteiger partial charge in [-0.2, -0.15) is 0 Å². The highest BCUT2D eigenvalue weighted by atomic mass is 16.3. The molecule has 0 heterocycles. The summed E-state index contributed by atoms with van der Waals surface area (Å²) in [6.45, 7) is 6.48. The van der Waals surface area contributed by atoms with Crippen LogP contribution in [-0.4, -0.2) is 11.2 Å². The van der Waals surface area contributed by atoms with Gasteiger partial charge in [0, 0.05) is 0 Å². The average molecular weight is 184 g/mol. The molecule has 78 valence electrons. The molecule has 0 bridgehead atoms. The number of hydrogen-bond acceptors (Lipinski definition) is 1. The molecule has 0 saturated heterocycles. The first-order chi connectivity index (χ1) is 6.16. The maximum absolute atomic E-state index is 9.55. The van der Waals surface area contributed by atoms with Gasteiger partial charge in [0.2, 0.25) is 0 Å². The standard InChI is InChI=1S/C12H24O/c1-4-5-6-9-12(13)10-7-8-11(2)3/h4-5,11-13H,6-10H2,1-3H3. The van der Waals surface area contributed by atoms with Crippen LogP contribution in [0.3, 0.4) is 0 Å². The van der Waals surface area contributed by atoms with E-state index in [1.54, 1.807) is 0 Å². The average Bonchev–Trinajstić information content (AvgIpc) is 2.04. The van der Waals surface area contributed by atoms with Crippen LogP contribution in [0.5, 0.6) is 0 Å². The van der Waals surface area contributed by atoms with Gasteiger partial charge < -0.3 is 5.11 Å². The van der Waals surface area contributed by atoms with Crippen LogP contribution in [0.2, 0.25) is 0 Å². The van der Waals surface area contributed by atoms with Gasteiger partial charge in [0.15, 0.2) is 0 Å². The van der Waals surface area contributed by atoms with Crippen molar-refractivity contribution in [1.82, 2.24) is 0 Å². The molecule has 0 aliphatic rings. The topological polar surface area (TPSA) is 20.2 Å². The second-order valence-corrected chi connectivity index (χ2v) is 4.12. The molecule has 0 fully saturated rings. The molecule has 1 unspecified atom stereocenters.